The summed E-state index contributed by atoms with van der Waals surface area (Å²) in [5, 5.41) is 56.7. The minimum absolute atomic E-state index is 0. The Morgan fingerprint density at radius 3 is 1.28 bits per heavy atom. The third-order valence-electron chi connectivity index (χ3n) is 19.6. The van der Waals surface area contributed by atoms with Crippen LogP contribution in [-0.4, -0.2) is 68.0 Å². The zero-order valence-electron chi connectivity index (χ0n) is 71.5. The number of hydrogen-bond donors (Lipinski definition) is 4. The maximum Gasteiger partial charge on any atom is 1.00 e. The smallest absolute Gasteiger partial charge is 1.00 e. The number of phenols is 1. The Hall–Kier alpha value is -5.97. The van der Waals surface area contributed by atoms with Gasteiger partial charge in [-0.15, -0.1) is 47.3 Å². The molecule has 16 aromatic carbocycles. The molecular weight excluding hydrogens is 2440 g/mol. The van der Waals surface area contributed by atoms with Crippen molar-refractivity contribution in [1.29, 1.82) is 0 Å². The SMILES string of the molecule is BrB(Br)Br.COc1ccccc1-c1c(F)cc(Cl)cc1Br.COc1ccccc1O[B]O.Clc1cc(-c2ccc3c(c2)c2ccccc2n3-c2ccccc2)c2c(c1)oc1ccccc12.Clc1cc(Br)c2c(c1)oc1ccccc12.Fc1cc(Cl)cc(Br)c1I.O=CO[O-].OB(O)c1ccc2c(c1)c1ccccc1n2-c1ccccc1.Oc1ccccc1-c1c(F)cc(Cl)cc1Br.[H-].[K+].[K+]. The molecule has 0 fully saturated rings. The fourth-order valence-corrected chi connectivity index (χ4v) is 18.5. The number of aromatic hydroxyl groups is 1. The van der Waals surface area contributed by atoms with Crippen LogP contribution in [0.25, 0.3) is 132 Å². The molecule has 0 amide bonds. The summed E-state index contributed by atoms with van der Waals surface area (Å²) in [6, 6.07) is 103. The first-order valence-electron chi connectivity index (χ1n) is 39.0. The molecule has 0 aliphatic rings. The summed E-state index contributed by atoms with van der Waals surface area (Å²) in [5.74, 6) is 0.601. The van der Waals surface area contributed by atoms with Crippen LogP contribution in [0.2, 0.25) is 25.1 Å². The largest absolute Gasteiger partial charge is 1.00 e. The zero-order chi connectivity index (χ0) is 94.4. The number of aromatic nitrogens is 2. The number of methoxy groups -OCH3 is 2. The molecule has 4 heterocycles. The third-order valence-corrected chi connectivity index (χ3v) is 25.1. The van der Waals surface area contributed by atoms with Gasteiger partial charge >= 0.3 is 121 Å². The van der Waals surface area contributed by atoms with Crippen molar-refractivity contribution in [2.24, 2.45) is 0 Å². The van der Waals surface area contributed by atoms with Crippen molar-refractivity contribution >= 4 is 309 Å². The molecule has 0 unspecified atom stereocenters. The molecule has 0 saturated carbocycles. The first-order valence-corrected chi connectivity index (χ1v) is 47.9. The fraction of sp³-hybridized carbons (Fsp3) is 0.0202. The number of furan rings is 2. The van der Waals surface area contributed by atoms with E-state index < -0.39 is 12.9 Å². The summed E-state index contributed by atoms with van der Waals surface area (Å²) < 4.78 is 75.3. The van der Waals surface area contributed by atoms with E-state index in [1.165, 1.54) is 46.1 Å². The van der Waals surface area contributed by atoms with E-state index in [2.05, 4.69) is 228 Å². The molecule has 0 aliphatic heterocycles. The standard InChI is InChI=1S/C30H18ClNO.C18H14BNO2.C13H9BrClFO.C12H7BrClFO.C12H6BrClO.C7H8BO3.C6H2BrClFI.CH2O3.BBr3.2K.H/c31-20-17-24(30-23-11-5-7-13-28(23)33-29(30)18-20)19-14-15-27-25(16-19)22-10-4-6-12-26(22)32(27)21-8-2-1-3-9-21;21-19(22)13-10-11-18-16(12-13)15-8-4-5-9-17(15)20(18)14-6-2-1-3-7-14;1-17-12-5-3-2-4-9(12)13-10(14)6-8(15)7-11(13)16;13-9-5-7(14)6-10(15)12(9)8-3-1-2-4-11(8)16;13-9-5-7(14)6-11-12(9)8-3-1-2-4-10(8)15-11;1-10-6-4-2-3-5-7(6)11-8-9;7-4-1-3(8)2-5(9)6(4)10;2-1-4-3;2-1(3)4;;;/h1-18H;1-12,21-22H;2-7H,1H3;1-6,16H;1-6H;2-5,9H,1H3;1-2H;1,3H;;;;/q;;;;;;;;;2*+1;-1/p-1. The third kappa shape index (κ3) is 28.0. The van der Waals surface area contributed by atoms with E-state index in [1.54, 1.807) is 87.0 Å². The van der Waals surface area contributed by atoms with Crippen LogP contribution in [0.3, 0.4) is 0 Å². The Bertz CT molecular complexity index is 7400. The van der Waals surface area contributed by atoms with Crippen LogP contribution >= 0.6 is 192 Å². The number of fused-ring (bicyclic) bond motifs is 12. The predicted octanol–water partition coefficient (Wildman–Crippen LogP) is 25.2. The summed E-state index contributed by atoms with van der Waals surface area (Å²) in [6.07, 6.45) is 0. The molecular formula is C99H66B3Br7Cl5F3IK2N2O12. The van der Waals surface area contributed by atoms with Gasteiger partial charge in [-0.1, -0.05) is 234 Å². The monoisotopic (exact) mass is 2500 g/mol. The Labute approximate surface area is 953 Å². The quantitative estimate of drug-likeness (QED) is 0.0182. The Kier molecular flexibility index (Phi) is 44.0. The second-order valence-corrected chi connectivity index (χ2v) is 40.9. The van der Waals surface area contributed by atoms with Crippen molar-refractivity contribution in [3.05, 3.63) is 392 Å². The van der Waals surface area contributed by atoms with Gasteiger partial charge in [0.1, 0.15) is 57.0 Å². The normalized spacial score (nSPS) is 10.4. The average Bonchev–Trinajstić information content (AvgIpc) is 1.63. The van der Waals surface area contributed by atoms with Crippen LogP contribution in [0, 0.1) is 21.0 Å². The van der Waals surface area contributed by atoms with Gasteiger partial charge in [-0.3, -0.25) is 4.79 Å². The first kappa shape index (κ1) is 110. The van der Waals surface area contributed by atoms with E-state index in [4.69, 9.17) is 96.0 Å². The van der Waals surface area contributed by atoms with E-state index in [0.717, 1.165) is 92.7 Å². The topological polar surface area (TPSA) is 194 Å². The van der Waals surface area contributed by atoms with Gasteiger partial charge in [-0.05, 0) is 242 Å². The Balaban J connectivity index is 0.000000179. The average molecular weight is 2510 g/mol. The second-order valence-electron chi connectivity index (χ2n) is 27.7. The number of rotatable bonds is 11. The van der Waals surface area contributed by atoms with E-state index >= 15 is 0 Å². The van der Waals surface area contributed by atoms with Crippen LogP contribution < -0.4 is 128 Å². The maximum absolute atomic E-state index is 13.9. The molecule has 0 spiro atoms. The van der Waals surface area contributed by atoms with Crippen molar-refractivity contribution < 1.29 is 175 Å². The molecule has 0 aliphatic carbocycles. The van der Waals surface area contributed by atoms with Crippen LogP contribution in [-0.2, 0) is 9.68 Å². The van der Waals surface area contributed by atoms with Crippen LogP contribution in [0.5, 0.6) is 23.0 Å². The molecule has 0 atom stereocenters. The molecule has 1 radical (unpaired) electrons. The van der Waals surface area contributed by atoms with E-state index in [1.807, 2.05) is 150 Å². The predicted molar refractivity (Wildman–Crippen MR) is 567 cm³/mol. The van der Waals surface area contributed by atoms with Crippen molar-refractivity contribution in [1.82, 2.24) is 9.13 Å². The molecule has 4 N–H and O–H groups in total. The van der Waals surface area contributed by atoms with E-state index in [0.29, 0.717) is 94.8 Å². The molecule has 20 rings (SSSR count). The van der Waals surface area contributed by atoms with Crippen LogP contribution in [0.1, 0.15) is 1.43 Å². The number of hydrogen-bond acceptors (Lipinski definition) is 12. The van der Waals surface area contributed by atoms with Gasteiger partial charge in [-0.25, -0.2) is 13.2 Å². The molecule has 35 heteroatoms. The van der Waals surface area contributed by atoms with Crippen LogP contribution in [0.15, 0.2) is 354 Å². The van der Waals surface area contributed by atoms with E-state index in [-0.39, 0.29) is 131 Å². The zero-order valence-corrected chi connectivity index (χ0v) is 93.8. The van der Waals surface area contributed by atoms with Gasteiger partial charge in [0.25, 0.3) is 6.47 Å². The van der Waals surface area contributed by atoms with Crippen molar-refractivity contribution in [2.45, 2.75) is 0 Å². The molecule has 134 heavy (non-hydrogen) atoms. The van der Waals surface area contributed by atoms with Crippen molar-refractivity contribution in [3.8, 4) is 67.8 Å². The number of para-hydroxylation sites is 10. The summed E-state index contributed by atoms with van der Waals surface area (Å²) in [7, 11) is 2.26. The van der Waals surface area contributed by atoms with Crippen molar-refractivity contribution in [3.63, 3.8) is 0 Å². The van der Waals surface area contributed by atoms with Crippen molar-refractivity contribution in [2.75, 3.05) is 14.2 Å². The number of carbonyl (C=O) groups excluding carboxylic acids is 1. The number of carbonyl (C=O) groups is 1. The minimum Gasteiger partial charge on any atom is -1.00 e. The summed E-state index contributed by atoms with van der Waals surface area (Å²) in [4.78, 5) is 11.2. The van der Waals surface area contributed by atoms with Gasteiger partial charge in [0, 0.05) is 132 Å². The second kappa shape index (κ2) is 53.6. The Morgan fingerprint density at radius 1 is 0.418 bits per heavy atom. The number of benzene rings is 16. The molecule has 0 bridgehead atoms. The number of nitrogens with zero attached hydrogens (tertiary/aromatic N) is 2. The Morgan fingerprint density at radius 2 is 0.799 bits per heavy atom. The molecule has 0 saturated heterocycles. The molecule has 20 aromatic rings. The summed E-state index contributed by atoms with van der Waals surface area (Å²) in [6.45, 7) is -0.181. The molecule has 14 nitrogen and oxygen atoms in total. The first-order chi connectivity index (χ1) is 63.6. The maximum atomic E-state index is 13.9. The van der Waals surface area contributed by atoms with Gasteiger partial charge in [0.15, 0.2) is 5.75 Å². The van der Waals surface area contributed by atoms with Crippen LogP contribution in [0.4, 0.5) is 13.2 Å². The summed E-state index contributed by atoms with van der Waals surface area (Å²) >= 11 is 54.0. The van der Waals surface area contributed by atoms with Gasteiger partial charge in [-0.2, -0.15) is 0 Å². The van der Waals surface area contributed by atoms with Gasteiger partial charge in [0.2, 0.25) is 0 Å². The number of ether oxygens (including phenoxy) is 2. The fourth-order valence-electron chi connectivity index (χ4n) is 14.3. The molecule has 4 aromatic heterocycles. The van der Waals surface area contributed by atoms with Gasteiger partial charge < -0.3 is 63.8 Å². The number of halogens is 16. The molecule has 667 valence electrons. The van der Waals surface area contributed by atoms with E-state index in [9.17, 15) is 28.3 Å². The minimum atomic E-state index is -1.46. The van der Waals surface area contributed by atoms with Gasteiger partial charge in [0.05, 0.1) is 39.9 Å². The summed E-state index contributed by atoms with van der Waals surface area (Å²) in [5.41, 5.74) is 14.8. The number of phenolic OH excluding ortho intramolecular Hbond substituents is 1.